The lowest BCUT2D eigenvalue weighted by Gasteiger charge is -2.11. The number of ether oxygens (including phenoxy) is 1. The van der Waals surface area contributed by atoms with Crippen molar-refractivity contribution in [1.82, 2.24) is 5.32 Å². The van der Waals surface area contributed by atoms with E-state index >= 15 is 0 Å². The molecule has 1 atom stereocenters. The lowest BCUT2D eigenvalue weighted by atomic mass is 10.1. The minimum atomic E-state index is -0.393. The van der Waals surface area contributed by atoms with E-state index in [1.54, 1.807) is 7.11 Å². The molecular formula is C11H24N2O2S. The summed E-state index contributed by atoms with van der Waals surface area (Å²) in [5.74, 6) is 1.11. The predicted octanol–water partition coefficient (Wildman–Crippen LogP) is 1.000. The summed E-state index contributed by atoms with van der Waals surface area (Å²) in [5, 5.41) is 2.85. The molecule has 5 heteroatoms. The number of amides is 1. The second-order valence-electron chi connectivity index (χ2n) is 3.73. The maximum atomic E-state index is 11.5. The highest BCUT2D eigenvalue weighted by molar-refractivity contribution is 7.98. The predicted molar refractivity (Wildman–Crippen MR) is 69.7 cm³/mol. The molecule has 0 aliphatic rings. The van der Waals surface area contributed by atoms with Crippen LogP contribution in [0.25, 0.3) is 0 Å². The van der Waals surface area contributed by atoms with Gasteiger partial charge in [-0.2, -0.15) is 11.8 Å². The molecule has 4 nitrogen and oxygen atoms in total. The Morgan fingerprint density at radius 3 is 2.81 bits per heavy atom. The van der Waals surface area contributed by atoms with Gasteiger partial charge in [-0.3, -0.25) is 4.79 Å². The van der Waals surface area contributed by atoms with E-state index in [1.165, 1.54) is 0 Å². The summed E-state index contributed by atoms with van der Waals surface area (Å²) in [6.45, 7) is 1.39. The van der Waals surface area contributed by atoms with Gasteiger partial charge in [0.05, 0.1) is 6.04 Å². The zero-order chi connectivity index (χ0) is 12.2. The van der Waals surface area contributed by atoms with Crippen molar-refractivity contribution in [2.45, 2.75) is 31.7 Å². The van der Waals surface area contributed by atoms with Crippen LogP contribution in [0.3, 0.4) is 0 Å². The van der Waals surface area contributed by atoms with E-state index < -0.39 is 6.04 Å². The van der Waals surface area contributed by atoms with E-state index in [4.69, 9.17) is 10.5 Å². The molecule has 3 N–H and O–H groups in total. The van der Waals surface area contributed by atoms with Crippen molar-refractivity contribution in [3.63, 3.8) is 0 Å². The molecule has 0 aromatic heterocycles. The second kappa shape index (κ2) is 11.2. The van der Waals surface area contributed by atoms with Crippen LogP contribution >= 0.6 is 11.8 Å². The Bertz CT molecular complexity index is 179. The first-order valence-corrected chi connectivity index (χ1v) is 7.13. The lowest BCUT2D eigenvalue weighted by molar-refractivity contribution is -0.122. The van der Waals surface area contributed by atoms with Crippen molar-refractivity contribution in [3.05, 3.63) is 0 Å². The van der Waals surface area contributed by atoms with Gasteiger partial charge in [0.2, 0.25) is 5.91 Å². The highest BCUT2D eigenvalue weighted by atomic mass is 32.2. The first kappa shape index (κ1) is 15.7. The van der Waals surface area contributed by atoms with E-state index in [0.29, 0.717) is 13.0 Å². The number of nitrogens with one attached hydrogen (secondary N) is 1. The first-order valence-electron chi connectivity index (χ1n) is 5.73. The number of thioether (sulfide) groups is 1. The molecule has 0 aromatic rings. The maximum absolute atomic E-state index is 11.5. The van der Waals surface area contributed by atoms with Gasteiger partial charge in [-0.1, -0.05) is 0 Å². The van der Waals surface area contributed by atoms with Gasteiger partial charge in [-0.25, -0.2) is 0 Å². The van der Waals surface area contributed by atoms with Crippen LogP contribution in [0.5, 0.6) is 0 Å². The van der Waals surface area contributed by atoms with Gasteiger partial charge in [-0.15, -0.1) is 0 Å². The van der Waals surface area contributed by atoms with Crippen LogP contribution in [0.4, 0.5) is 0 Å². The average Bonchev–Trinajstić information content (AvgIpc) is 2.28. The average molecular weight is 248 g/mol. The molecule has 0 fully saturated rings. The van der Waals surface area contributed by atoms with Gasteiger partial charge in [0.25, 0.3) is 0 Å². The largest absolute Gasteiger partial charge is 0.385 e. The molecule has 0 heterocycles. The molecule has 0 bridgehead atoms. The van der Waals surface area contributed by atoms with Crippen molar-refractivity contribution >= 4 is 17.7 Å². The summed E-state index contributed by atoms with van der Waals surface area (Å²) in [6, 6.07) is -0.393. The van der Waals surface area contributed by atoms with Crippen LogP contribution in [0.1, 0.15) is 25.7 Å². The molecule has 1 unspecified atom stereocenters. The van der Waals surface area contributed by atoms with E-state index in [0.717, 1.165) is 31.6 Å². The molecule has 0 aliphatic heterocycles. The third-order valence-corrected chi connectivity index (χ3v) is 2.97. The standard InChI is InChI=1S/C11H24N2O2S/c1-15-8-5-6-10(12)11(14)13-7-3-4-9-16-2/h10H,3-9,12H2,1-2H3,(H,13,14). The first-order chi connectivity index (χ1) is 7.72. The van der Waals surface area contributed by atoms with E-state index in [1.807, 2.05) is 11.8 Å². The van der Waals surface area contributed by atoms with Crippen molar-refractivity contribution in [1.29, 1.82) is 0 Å². The molecule has 0 spiro atoms. The summed E-state index contributed by atoms with van der Waals surface area (Å²) >= 11 is 1.83. The van der Waals surface area contributed by atoms with Crippen LogP contribution in [-0.2, 0) is 9.53 Å². The number of unbranched alkanes of at least 4 members (excludes halogenated alkanes) is 1. The molecule has 0 rings (SSSR count). The monoisotopic (exact) mass is 248 g/mol. The van der Waals surface area contributed by atoms with Crippen molar-refractivity contribution < 1.29 is 9.53 Å². The topological polar surface area (TPSA) is 64.3 Å². The molecule has 16 heavy (non-hydrogen) atoms. The summed E-state index contributed by atoms with van der Waals surface area (Å²) in [4.78, 5) is 11.5. The fraction of sp³-hybridized carbons (Fsp3) is 0.909. The Labute approximate surface area is 103 Å². The summed E-state index contributed by atoms with van der Waals surface area (Å²) in [6.07, 6.45) is 5.77. The van der Waals surface area contributed by atoms with Crippen LogP contribution < -0.4 is 11.1 Å². The van der Waals surface area contributed by atoms with Gasteiger partial charge in [-0.05, 0) is 37.7 Å². The van der Waals surface area contributed by atoms with E-state index in [2.05, 4.69) is 11.6 Å². The fourth-order valence-electron chi connectivity index (χ4n) is 1.29. The van der Waals surface area contributed by atoms with Crippen molar-refractivity contribution in [2.24, 2.45) is 5.73 Å². The fourth-order valence-corrected chi connectivity index (χ4v) is 1.79. The van der Waals surface area contributed by atoms with E-state index in [-0.39, 0.29) is 5.91 Å². The van der Waals surface area contributed by atoms with Crippen LogP contribution in [0.2, 0.25) is 0 Å². The number of nitrogens with two attached hydrogens (primary N) is 1. The zero-order valence-corrected chi connectivity index (χ0v) is 11.1. The van der Waals surface area contributed by atoms with Crippen LogP contribution in [0, 0.1) is 0 Å². The molecular weight excluding hydrogens is 224 g/mol. The number of rotatable bonds is 10. The molecule has 0 radical (unpaired) electrons. The molecule has 0 aromatic carbocycles. The Morgan fingerprint density at radius 1 is 1.44 bits per heavy atom. The summed E-state index contributed by atoms with van der Waals surface area (Å²) in [5.41, 5.74) is 5.73. The van der Waals surface area contributed by atoms with Gasteiger partial charge in [0.1, 0.15) is 0 Å². The van der Waals surface area contributed by atoms with Gasteiger partial charge < -0.3 is 15.8 Å². The Kier molecular flexibility index (Phi) is 11.0. The molecule has 96 valence electrons. The number of hydrogen-bond acceptors (Lipinski definition) is 4. The zero-order valence-electron chi connectivity index (χ0n) is 10.3. The maximum Gasteiger partial charge on any atom is 0.236 e. The Balaban J connectivity index is 3.40. The van der Waals surface area contributed by atoms with Gasteiger partial charge in [0.15, 0.2) is 0 Å². The number of carbonyl (C=O) groups excluding carboxylic acids is 1. The molecule has 0 saturated heterocycles. The lowest BCUT2D eigenvalue weighted by Crippen LogP contribution is -2.41. The van der Waals surface area contributed by atoms with Crippen LogP contribution in [0.15, 0.2) is 0 Å². The van der Waals surface area contributed by atoms with Gasteiger partial charge in [0, 0.05) is 20.3 Å². The molecule has 0 saturated carbocycles. The minimum Gasteiger partial charge on any atom is -0.385 e. The second-order valence-corrected chi connectivity index (χ2v) is 4.72. The normalized spacial score (nSPS) is 12.4. The van der Waals surface area contributed by atoms with Crippen molar-refractivity contribution in [3.8, 4) is 0 Å². The van der Waals surface area contributed by atoms with E-state index in [9.17, 15) is 4.79 Å². The highest BCUT2D eigenvalue weighted by Crippen LogP contribution is 1.99. The number of hydrogen-bond donors (Lipinski definition) is 2. The minimum absolute atomic E-state index is 0.0414. The molecule has 1 amide bonds. The quantitative estimate of drug-likeness (QED) is 0.566. The smallest absolute Gasteiger partial charge is 0.236 e. The summed E-state index contributed by atoms with van der Waals surface area (Å²) in [7, 11) is 1.65. The van der Waals surface area contributed by atoms with Crippen molar-refractivity contribution in [2.75, 3.05) is 32.3 Å². The third kappa shape index (κ3) is 9.00. The Morgan fingerprint density at radius 2 is 2.19 bits per heavy atom. The highest BCUT2D eigenvalue weighted by Gasteiger charge is 2.11. The molecule has 0 aliphatic carbocycles. The van der Waals surface area contributed by atoms with Gasteiger partial charge >= 0.3 is 0 Å². The Hall–Kier alpha value is -0.260. The van der Waals surface area contributed by atoms with Crippen LogP contribution in [-0.4, -0.2) is 44.2 Å². The third-order valence-electron chi connectivity index (χ3n) is 2.27. The SMILES string of the molecule is COCCCC(N)C(=O)NCCCCSC. The summed E-state index contributed by atoms with van der Waals surface area (Å²) < 4.78 is 4.91. The number of methoxy groups -OCH3 is 1. The number of carbonyl (C=O) groups is 1.